The van der Waals surface area contributed by atoms with Gasteiger partial charge in [0.25, 0.3) is 0 Å². The van der Waals surface area contributed by atoms with Crippen LogP contribution in [-0.2, 0) is 4.74 Å². The number of rotatable bonds is 1. The summed E-state index contributed by atoms with van der Waals surface area (Å²) in [6, 6.07) is 2.04. The molecule has 3 heteroatoms. The number of nitrogens with zero attached hydrogens (tertiary/aromatic N) is 1. The Bertz CT molecular complexity index is 277. The van der Waals surface area contributed by atoms with Crippen molar-refractivity contribution in [3.8, 4) is 0 Å². The van der Waals surface area contributed by atoms with Gasteiger partial charge in [-0.2, -0.15) is 0 Å². The fourth-order valence-electron chi connectivity index (χ4n) is 1.12. The molecule has 11 heavy (non-hydrogen) atoms. The number of pyridine rings is 1. The number of aromatic nitrogens is 1. The van der Waals surface area contributed by atoms with E-state index in [1.54, 1.807) is 6.20 Å². The Labute approximate surface area is 73.7 Å². The number of epoxide rings is 1. The second kappa shape index (κ2) is 2.57. The summed E-state index contributed by atoms with van der Waals surface area (Å²) in [7, 11) is 0. The van der Waals surface area contributed by atoms with Crippen molar-refractivity contribution in [2.75, 3.05) is 0 Å². The van der Waals surface area contributed by atoms with Crippen LogP contribution in [-0.4, -0.2) is 11.1 Å². The van der Waals surface area contributed by atoms with E-state index < -0.39 is 0 Å². The molecule has 0 radical (unpaired) electrons. The van der Waals surface area contributed by atoms with E-state index in [1.165, 1.54) is 0 Å². The lowest BCUT2D eigenvalue weighted by molar-refractivity contribution is 0.383. The molecule has 0 N–H and O–H groups in total. The van der Waals surface area contributed by atoms with Crippen LogP contribution in [0.15, 0.2) is 22.9 Å². The van der Waals surface area contributed by atoms with E-state index in [1.807, 2.05) is 12.3 Å². The predicted molar refractivity (Wildman–Crippen MR) is 45.2 cm³/mol. The van der Waals surface area contributed by atoms with E-state index in [4.69, 9.17) is 4.74 Å². The van der Waals surface area contributed by atoms with E-state index in [-0.39, 0.29) is 6.10 Å². The average Bonchev–Trinajstić information content (AvgIpc) is 2.67. The molecule has 0 bridgehead atoms. The molecule has 0 spiro atoms. The molecule has 1 aromatic heterocycles. The van der Waals surface area contributed by atoms with Crippen molar-refractivity contribution < 1.29 is 4.74 Å². The average molecular weight is 214 g/mol. The standard InChI is InChI=1S/C8H8BrNO/c1-5-8(11-5)6-2-7(9)4-10-3-6/h2-5,8H,1H3. The first-order valence-electron chi connectivity index (χ1n) is 3.53. The van der Waals surface area contributed by atoms with E-state index in [0.29, 0.717) is 6.10 Å². The zero-order chi connectivity index (χ0) is 7.84. The number of ether oxygens (including phenoxy) is 1. The lowest BCUT2D eigenvalue weighted by atomic mass is 10.2. The van der Waals surface area contributed by atoms with Gasteiger partial charge in [0, 0.05) is 22.4 Å². The first-order valence-corrected chi connectivity index (χ1v) is 4.32. The highest BCUT2D eigenvalue weighted by Gasteiger charge is 2.35. The van der Waals surface area contributed by atoms with Crippen LogP contribution in [0.5, 0.6) is 0 Å². The normalized spacial score (nSPS) is 28.5. The molecule has 2 rings (SSSR count). The molecule has 2 unspecified atom stereocenters. The zero-order valence-electron chi connectivity index (χ0n) is 6.12. The van der Waals surface area contributed by atoms with Gasteiger partial charge in [-0.15, -0.1) is 0 Å². The topological polar surface area (TPSA) is 25.4 Å². The number of halogens is 1. The second-order valence-electron chi connectivity index (χ2n) is 2.70. The van der Waals surface area contributed by atoms with E-state index >= 15 is 0 Å². The third-order valence-electron chi connectivity index (χ3n) is 1.77. The van der Waals surface area contributed by atoms with Crippen molar-refractivity contribution in [3.63, 3.8) is 0 Å². The fourth-order valence-corrected chi connectivity index (χ4v) is 1.50. The summed E-state index contributed by atoms with van der Waals surface area (Å²) in [5, 5.41) is 0. The third kappa shape index (κ3) is 1.44. The summed E-state index contributed by atoms with van der Waals surface area (Å²) in [6.07, 6.45) is 4.27. The Balaban J connectivity index is 2.25. The highest BCUT2D eigenvalue weighted by Crippen LogP contribution is 2.38. The van der Waals surface area contributed by atoms with Crippen LogP contribution in [0.25, 0.3) is 0 Å². The quantitative estimate of drug-likeness (QED) is 0.670. The summed E-state index contributed by atoms with van der Waals surface area (Å²) in [6.45, 7) is 2.06. The molecule has 0 saturated carbocycles. The zero-order valence-corrected chi connectivity index (χ0v) is 7.71. The van der Waals surface area contributed by atoms with Crippen molar-refractivity contribution in [3.05, 3.63) is 28.5 Å². The maximum atomic E-state index is 5.30. The molecule has 1 saturated heterocycles. The molecule has 1 aliphatic rings. The van der Waals surface area contributed by atoms with Crippen LogP contribution >= 0.6 is 15.9 Å². The highest BCUT2D eigenvalue weighted by molar-refractivity contribution is 9.10. The first-order chi connectivity index (χ1) is 5.27. The Morgan fingerprint density at radius 2 is 2.27 bits per heavy atom. The van der Waals surface area contributed by atoms with Crippen molar-refractivity contribution in [1.29, 1.82) is 0 Å². The largest absolute Gasteiger partial charge is 0.365 e. The molecule has 0 aliphatic carbocycles. The molecule has 0 aromatic carbocycles. The minimum absolute atomic E-state index is 0.278. The van der Waals surface area contributed by atoms with Crippen LogP contribution in [0.3, 0.4) is 0 Å². The number of hydrogen-bond acceptors (Lipinski definition) is 2. The number of hydrogen-bond donors (Lipinski definition) is 0. The van der Waals surface area contributed by atoms with Gasteiger partial charge in [-0.25, -0.2) is 0 Å². The predicted octanol–water partition coefficient (Wildman–Crippen LogP) is 2.30. The molecule has 1 aliphatic heterocycles. The second-order valence-corrected chi connectivity index (χ2v) is 3.61. The van der Waals surface area contributed by atoms with E-state index in [2.05, 4.69) is 27.8 Å². The van der Waals surface area contributed by atoms with Crippen LogP contribution in [0.2, 0.25) is 0 Å². The van der Waals surface area contributed by atoms with Gasteiger partial charge in [0.05, 0.1) is 6.10 Å². The summed E-state index contributed by atoms with van der Waals surface area (Å²) >= 11 is 3.36. The van der Waals surface area contributed by atoms with Crippen molar-refractivity contribution in [2.24, 2.45) is 0 Å². The lowest BCUT2D eigenvalue weighted by Crippen LogP contribution is -1.84. The van der Waals surface area contributed by atoms with Crippen molar-refractivity contribution in [2.45, 2.75) is 19.1 Å². The van der Waals surface area contributed by atoms with Crippen molar-refractivity contribution in [1.82, 2.24) is 4.98 Å². The maximum Gasteiger partial charge on any atom is 0.110 e. The molecule has 0 amide bonds. The summed E-state index contributed by atoms with van der Waals surface area (Å²) in [4.78, 5) is 4.05. The minimum Gasteiger partial charge on any atom is -0.365 e. The summed E-state index contributed by atoms with van der Waals surface area (Å²) < 4.78 is 6.31. The third-order valence-corrected chi connectivity index (χ3v) is 2.20. The van der Waals surface area contributed by atoms with Gasteiger partial charge in [0.15, 0.2) is 0 Å². The van der Waals surface area contributed by atoms with Gasteiger partial charge in [0.1, 0.15) is 6.10 Å². The minimum atomic E-state index is 0.278. The van der Waals surface area contributed by atoms with Gasteiger partial charge in [-0.3, -0.25) is 4.98 Å². The van der Waals surface area contributed by atoms with Crippen molar-refractivity contribution >= 4 is 15.9 Å². The molecular weight excluding hydrogens is 206 g/mol. The SMILES string of the molecule is CC1OC1c1cncc(Br)c1. The Morgan fingerprint density at radius 3 is 2.82 bits per heavy atom. The van der Waals surface area contributed by atoms with Gasteiger partial charge < -0.3 is 4.74 Å². The van der Waals surface area contributed by atoms with Gasteiger partial charge in [-0.05, 0) is 28.9 Å². The van der Waals surface area contributed by atoms with E-state index in [9.17, 15) is 0 Å². The Kier molecular flexibility index (Phi) is 1.69. The molecule has 1 aromatic rings. The lowest BCUT2D eigenvalue weighted by Gasteiger charge is -1.94. The molecule has 58 valence electrons. The van der Waals surface area contributed by atoms with Crippen LogP contribution < -0.4 is 0 Å². The summed E-state index contributed by atoms with van der Waals surface area (Å²) in [5.74, 6) is 0. The molecule has 2 heterocycles. The van der Waals surface area contributed by atoms with Crippen LogP contribution in [0, 0.1) is 0 Å². The van der Waals surface area contributed by atoms with Crippen LogP contribution in [0.1, 0.15) is 18.6 Å². The molecule has 2 atom stereocenters. The molecular formula is C8H8BrNO. The summed E-state index contributed by atoms with van der Waals surface area (Å²) in [5.41, 5.74) is 1.16. The monoisotopic (exact) mass is 213 g/mol. The Hall–Kier alpha value is -0.410. The van der Waals surface area contributed by atoms with Gasteiger partial charge in [0.2, 0.25) is 0 Å². The Morgan fingerprint density at radius 1 is 1.55 bits per heavy atom. The highest BCUT2D eigenvalue weighted by atomic mass is 79.9. The molecule has 2 nitrogen and oxygen atoms in total. The maximum absolute atomic E-state index is 5.30. The molecule has 1 fully saturated rings. The fraction of sp³-hybridized carbons (Fsp3) is 0.375. The smallest absolute Gasteiger partial charge is 0.110 e. The van der Waals surface area contributed by atoms with E-state index in [0.717, 1.165) is 10.0 Å². The van der Waals surface area contributed by atoms with Crippen LogP contribution in [0.4, 0.5) is 0 Å². The first kappa shape index (κ1) is 7.25. The van der Waals surface area contributed by atoms with Gasteiger partial charge >= 0.3 is 0 Å². The van der Waals surface area contributed by atoms with Gasteiger partial charge in [-0.1, -0.05) is 0 Å².